The maximum Gasteiger partial charge on any atom is 0.339 e. The molecule has 0 atom stereocenters. The quantitative estimate of drug-likeness (QED) is 0.883. The highest BCUT2D eigenvalue weighted by molar-refractivity contribution is 6.06. The molecule has 5 nitrogen and oxygen atoms in total. The van der Waals surface area contributed by atoms with E-state index < -0.39 is 5.97 Å². The summed E-state index contributed by atoms with van der Waals surface area (Å²) in [7, 11) is 0. The van der Waals surface area contributed by atoms with Gasteiger partial charge < -0.3 is 10.4 Å². The van der Waals surface area contributed by atoms with Crippen LogP contribution in [-0.4, -0.2) is 22.0 Å². The lowest BCUT2D eigenvalue weighted by atomic mass is 10.1. The summed E-state index contributed by atoms with van der Waals surface area (Å²) in [6.45, 7) is 1.92. The Labute approximate surface area is 109 Å². The topological polar surface area (TPSA) is 79.3 Å². The standard InChI is InChI=1S/C14H12N2O3/c1-9-4-6-10(7-5-9)13(17)16-12-11(14(18)19)3-2-8-15-12/h2-8H,1H3,(H,18,19)(H,15,16,17). The summed E-state index contributed by atoms with van der Waals surface area (Å²) < 4.78 is 0. The highest BCUT2D eigenvalue weighted by atomic mass is 16.4. The molecule has 1 heterocycles. The molecule has 1 aromatic heterocycles. The van der Waals surface area contributed by atoms with E-state index in [4.69, 9.17) is 5.11 Å². The summed E-state index contributed by atoms with van der Waals surface area (Å²) >= 11 is 0. The molecule has 0 bridgehead atoms. The Hall–Kier alpha value is -2.69. The summed E-state index contributed by atoms with van der Waals surface area (Å²) in [4.78, 5) is 26.8. The predicted molar refractivity (Wildman–Crippen MR) is 70.3 cm³/mol. The lowest BCUT2D eigenvalue weighted by molar-refractivity contribution is 0.0697. The highest BCUT2D eigenvalue weighted by Crippen LogP contribution is 2.13. The predicted octanol–water partition coefficient (Wildman–Crippen LogP) is 2.34. The van der Waals surface area contributed by atoms with Gasteiger partial charge in [-0.05, 0) is 31.2 Å². The zero-order valence-electron chi connectivity index (χ0n) is 10.3. The fraction of sp³-hybridized carbons (Fsp3) is 0.0714. The molecule has 0 fully saturated rings. The van der Waals surface area contributed by atoms with Gasteiger partial charge in [0.05, 0.1) is 0 Å². The van der Waals surface area contributed by atoms with Crippen molar-refractivity contribution in [2.45, 2.75) is 6.92 Å². The number of hydrogen-bond acceptors (Lipinski definition) is 3. The Balaban J connectivity index is 2.24. The minimum Gasteiger partial charge on any atom is -0.478 e. The largest absolute Gasteiger partial charge is 0.478 e. The summed E-state index contributed by atoms with van der Waals surface area (Å²) in [5.41, 5.74) is 1.45. The minimum absolute atomic E-state index is 0.0389. The van der Waals surface area contributed by atoms with E-state index in [-0.39, 0.29) is 17.3 Å². The van der Waals surface area contributed by atoms with Gasteiger partial charge in [-0.3, -0.25) is 4.79 Å². The zero-order chi connectivity index (χ0) is 13.8. The van der Waals surface area contributed by atoms with E-state index in [9.17, 15) is 9.59 Å². The summed E-state index contributed by atoms with van der Waals surface area (Å²) in [6, 6.07) is 9.87. The van der Waals surface area contributed by atoms with Crippen molar-refractivity contribution < 1.29 is 14.7 Å². The van der Waals surface area contributed by atoms with Gasteiger partial charge in [-0.15, -0.1) is 0 Å². The third kappa shape index (κ3) is 2.95. The second kappa shape index (κ2) is 5.30. The number of carbonyl (C=O) groups is 2. The van der Waals surface area contributed by atoms with Gasteiger partial charge in [0.1, 0.15) is 11.4 Å². The first-order valence-electron chi connectivity index (χ1n) is 5.64. The average molecular weight is 256 g/mol. The van der Waals surface area contributed by atoms with Crippen LogP contribution in [0.15, 0.2) is 42.6 Å². The van der Waals surface area contributed by atoms with E-state index in [1.807, 2.05) is 19.1 Å². The van der Waals surface area contributed by atoms with Gasteiger partial charge in [0, 0.05) is 11.8 Å². The van der Waals surface area contributed by atoms with E-state index in [2.05, 4.69) is 10.3 Å². The number of anilines is 1. The van der Waals surface area contributed by atoms with E-state index in [1.165, 1.54) is 18.3 Å². The fourth-order valence-corrected chi connectivity index (χ4v) is 1.56. The number of hydrogen-bond donors (Lipinski definition) is 2. The second-order valence-electron chi connectivity index (χ2n) is 4.02. The molecular formula is C14H12N2O3. The van der Waals surface area contributed by atoms with Gasteiger partial charge in [0.2, 0.25) is 0 Å². The molecule has 0 saturated carbocycles. The molecule has 19 heavy (non-hydrogen) atoms. The lowest BCUT2D eigenvalue weighted by Crippen LogP contribution is -2.15. The van der Waals surface area contributed by atoms with Gasteiger partial charge in [-0.2, -0.15) is 0 Å². The summed E-state index contributed by atoms with van der Waals surface area (Å²) in [5.74, 6) is -1.48. The Morgan fingerprint density at radius 3 is 2.47 bits per heavy atom. The Bertz CT molecular complexity index is 621. The number of pyridine rings is 1. The number of carbonyl (C=O) groups excluding carboxylic acids is 1. The second-order valence-corrected chi connectivity index (χ2v) is 4.02. The number of nitrogens with zero attached hydrogens (tertiary/aromatic N) is 1. The van der Waals surface area contributed by atoms with E-state index in [0.717, 1.165) is 5.56 Å². The normalized spacial score (nSPS) is 9.95. The molecule has 96 valence electrons. The number of aromatic nitrogens is 1. The molecule has 1 amide bonds. The maximum atomic E-state index is 12.0. The number of amides is 1. The Morgan fingerprint density at radius 2 is 1.84 bits per heavy atom. The van der Waals surface area contributed by atoms with Crippen molar-refractivity contribution in [1.29, 1.82) is 0 Å². The Morgan fingerprint density at radius 1 is 1.16 bits per heavy atom. The molecule has 5 heteroatoms. The number of carboxylic acid groups (broad SMARTS) is 1. The van der Waals surface area contributed by atoms with Crippen LogP contribution in [0.3, 0.4) is 0 Å². The first-order valence-corrected chi connectivity index (χ1v) is 5.64. The number of nitrogens with one attached hydrogen (secondary N) is 1. The van der Waals surface area contributed by atoms with Crippen LogP contribution >= 0.6 is 0 Å². The summed E-state index contributed by atoms with van der Waals surface area (Å²) in [6.07, 6.45) is 1.43. The molecule has 1 aromatic carbocycles. The molecule has 0 radical (unpaired) electrons. The van der Waals surface area contributed by atoms with Crippen LogP contribution in [0.4, 0.5) is 5.82 Å². The van der Waals surface area contributed by atoms with Crippen LogP contribution in [0.5, 0.6) is 0 Å². The van der Waals surface area contributed by atoms with Crippen molar-refractivity contribution in [1.82, 2.24) is 4.98 Å². The van der Waals surface area contributed by atoms with Crippen molar-refractivity contribution in [3.63, 3.8) is 0 Å². The van der Waals surface area contributed by atoms with Gasteiger partial charge in [-0.25, -0.2) is 9.78 Å². The first kappa shape index (κ1) is 12.8. The number of aromatic carboxylic acids is 1. The number of aryl methyl sites for hydroxylation is 1. The van der Waals surface area contributed by atoms with Crippen molar-refractivity contribution >= 4 is 17.7 Å². The molecule has 0 aliphatic rings. The molecule has 2 aromatic rings. The van der Waals surface area contributed by atoms with Crippen molar-refractivity contribution in [2.75, 3.05) is 5.32 Å². The molecule has 0 spiro atoms. The van der Waals surface area contributed by atoms with E-state index in [1.54, 1.807) is 12.1 Å². The zero-order valence-corrected chi connectivity index (χ0v) is 10.3. The SMILES string of the molecule is Cc1ccc(C(=O)Nc2ncccc2C(=O)O)cc1. The van der Waals surface area contributed by atoms with E-state index in [0.29, 0.717) is 5.56 Å². The summed E-state index contributed by atoms with van der Waals surface area (Å²) in [5, 5.41) is 11.5. The molecule has 0 aliphatic heterocycles. The minimum atomic E-state index is -1.13. The van der Waals surface area contributed by atoms with Crippen LogP contribution in [0.1, 0.15) is 26.3 Å². The van der Waals surface area contributed by atoms with E-state index >= 15 is 0 Å². The fourth-order valence-electron chi connectivity index (χ4n) is 1.56. The highest BCUT2D eigenvalue weighted by Gasteiger charge is 2.13. The van der Waals surface area contributed by atoms with Crippen LogP contribution in [0, 0.1) is 6.92 Å². The molecule has 0 unspecified atom stereocenters. The van der Waals surface area contributed by atoms with Gasteiger partial charge in [-0.1, -0.05) is 17.7 Å². The average Bonchev–Trinajstić information content (AvgIpc) is 2.39. The van der Waals surface area contributed by atoms with Gasteiger partial charge in [0.25, 0.3) is 5.91 Å². The van der Waals surface area contributed by atoms with Gasteiger partial charge >= 0.3 is 5.97 Å². The van der Waals surface area contributed by atoms with Crippen LogP contribution in [-0.2, 0) is 0 Å². The van der Waals surface area contributed by atoms with Crippen molar-refractivity contribution in [2.24, 2.45) is 0 Å². The number of carboxylic acids is 1. The smallest absolute Gasteiger partial charge is 0.339 e. The molecular weight excluding hydrogens is 244 g/mol. The molecule has 0 aliphatic carbocycles. The Kier molecular flexibility index (Phi) is 3.56. The molecule has 2 rings (SSSR count). The van der Waals surface area contributed by atoms with Crippen LogP contribution < -0.4 is 5.32 Å². The number of rotatable bonds is 3. The first-order chi connectivity index (χ1) is 9.08. The monoisotopic (exact) mass is 256 g/mol. The number of benzene rings is 1. The van der Waals surface area contributed by atoms with Crippen LogP contribution in [0.25, 0.3) is 0 Å². The maximum absolute atomic E-state index is 12.0. The van der Waals surface area contributed by atoms with Gasteiger partial charge in [0.15, 0.2) is 0 Å². The third-order valence-electron chi connectivity index (χ3n) is 2.58. The molecule has 2 N–H and O–H groups in total. The van der Waals surface area contributed by atoms with Crippen LogP contribution in [0.2, 0.25) is 0 Å². The lowest BCUT2D eigenvalue weighted by Gasteiger charge is -2.07. The third-order valence-corrected chi connectivity index (χ3v) is 2.58. The van der Waals surface area contributed by atoms with Crippen molar-refractivity contribution in [3.05, 3.63) is 59.3 Å². The van der Waals surface area contributed by atoms with Crippen molar-refractivity contribution in [3.8, 4) is 0 Å². The molecule has 0 saturated heterocycles.